The van der Waals surface area contributed by atoms with Crippen molar-refractivity contribution >= 4 is 53.8 Å². The van der Waals surface area contributed by atoms with Gasteiger partial charge in [-0.2, -0.15) is 18.2 Å². The van der Waals surface area contributed by atoms with Crippen LogP contribution in [-0.4, -0.2) is 95.6 Å². The SMILES string of the molecule is Cn1ccc(C(=O)NC2C(=O)N3CC(OS(=O)(=O)c4ccc(Br)cc4)CC3C(=O)NC3(C(O)NS(=O)(=O)C4(C)CC4)CC3C=CCCC3CC32)n1. The van der Waals surface area contributed by atoms with Crippen molar-refractivity contribution in [3.05, 3.63) is 58.8 Å². The van der Waals surface area contributed by atoms with E-state index in [4.69, 9.17) is 4.18 Å². The Labute approximate surface area is 304 Å². The Morgan fingerprint density at radius 2 is 1.86 bits per heavy atom. The van der Waals surface area contributed by atoms with E-state index in [-0.39, 0.29) is 41.8 Å². The number of rotatable bonds is 9. The summed E-state index contributed by atoms with van der Waals surface area (Å²) in [6.07, 6.45) is 5.54. The Bertz CT molecular complexity index is 1980. The van der Waals surface area contributed by atoms with Crippen molar-refractivity contribution in [3.8, 4) is 0 Å². The Kier molecular flexibility index (Phi) is 9.27. The molecule has 18 heteroatoms. The van der Waals surface area contributed by atoms with Gasteiger partial charge in [-0.3, -0.25) is 23.2 Å². The quantitative estimate of drug-likeness (QED) is 0.162. The number of nitrogens with zero attached hydrogens (tertiary/aromatic N) is 3. The molecule has 0 bridgehead atoms. The first-order chi connectivity index (χ1) is 24.0. The molecule has 3 amide bonds. The number of aryl methyl sites for hydroxylation is 1. The molecule has 2 aliphatic heterocycles. The van der Waals surface area contributed by atoms with Gasteiger partial charge in [0.1, 0.15) is 24.0 Å². The number of sulfonamides is 1. The number of aromatic nitrogens is 2. The van der Waals surface area contributed by atoms with Crippen LogP contribution in [0.3, 0.4) is 0 Å². The highest BCUT2D eigenvalue weighted by molar-refractivity contribution is 9.10. The van der Waals surface area contributed by atoms with Gasteiger partial charge in [-0.25, -0.2) is 8.42 Å². The molecule has 7 rings (SSSR count). The van der Waals surface area contributed by atoms with Crippen LogP contribution in [0.15, 0.2) is 58.0 Å². The molecule has 5 aliphatic rings. The third kappa shape index (κ3) is 7.14. The molecule has 51 heavy (non-hydrogen) atoms. The van der Waals surface area contributed by atoms with Gasteiger partial charge in [0, 0.05) is 36.6 Å². The minimum absolute atomic E-state index is 0.0935. The maximum atomic E-state index is 14.5. The number of aliphatic hydroxyl groups is 1. The summed E-state index contributed by atoms with van der Waals surface area (Å²) >= 11 is 3.28. The van der Waals surface area contributed by atoms with Crippen LogP contribution in [0, 0.1) is 17.8 Å². The fraction of sp³-hybridized carbons (Fsp3) is 0.576. The first-order valence-electron chi connectivity index (χ1n) is 17.0. The van der Waals surface area contributed by atoms with E-state index < -0.39 is 78.5 Å². The van der Waals surface area contributed by atoms with Crippen LogP contribution in [-0.2, 0) is 41.0 Å². The van der Waals surface area contributed by atoms with E-state index in [1.54, 1.807) is 32.3 Å². The molecule has 1 aromatic heterocycles. The van der Waals surface area contributed by atoms with Crippen LogP contribution in [0.4, 0.5) is 0 Å². The lowest BCUT2D eigenvalue weighted by Crippen LogP contribution is -2.60. The van der Waals surface area contributed by atoms with Gasteiger partial charge in [0.15, 0.2) is 0 Å². The summed E-state index contributed by atoms with van der Waals surface area (Å²) in [7, 11) is -6.58. The van der Waals surface area contributed by atoms with Crippen LogP contribution >= 0.6 is 15.9 Å². The number of aliphatic hydroxyl groups excluding tert-OH is 1. The molecule has 276 valence electrons. The first-order valence-corrected chi connectivity index (χ1v) is 20.7. The van der Waals surface area contributed by atoms with Crippen molar-refractivity contribution in [1.82, 2.24) is 30.0 Å². The van der Waals surface area contributed by atoms with E-state index in [2.05, 4.69) is 36.4 Å². The van der Waals surface area contributed by atoms with Crippen LogP contribution in [0.5, 0.6) is 0 Å². The highest BCUT2D eigenvalue weighted by Crippen LogP contribution is 2.50. The van der Waals surface area contributed by atoms with E-state index in [1.165, 1.54) is 27.8 Å². The first kappa shape index (κ1) is 36.2. The summed E-state index contributed by atoms with van der Waals surface area (Å²) in [6.45, 7) is 1.32. The number of hydrogen-bond acceptors (Lipinski definition) is 10. The summed E-state index contributed by atoms with van der Waals surface area (Å²) in [5, 5.41) is 21.2. The predicted octanol–water partition coefficient (Wildman–Crippen LogP) is 1.31. The van der Waals surface area contributed by atoms with Gasteiger partial charge >= 0.3 is 0 Å². The minimum atomic E-state index is -4.31. The van der Waals surface area contributed by atoms with Crippen molar-refractivity contribution in [2.45, 2.75) is 91.5 Å². The van der Waals surface area contributed by atoms with Crippen molar-refractivity contribution in [2.75, 3.05) is 6.54 Å². The number of fused-ring (bicyclic) bond motifs is 3. The lowest BCUT2D eigenvalue weighted by atomic mass is 10.0. The Hall–Kier alpha value is -3.16. The maximum absolute atomic E-state index is 14.5. The van der Waals surface area contributed by atoms with Crippen LogP contribution < -0.4 is 15.4 Å². The van der Waals surface area contributed by atoms with Gasteiger partial charge in [0.05, 0.1) is 21.3 Å². The number of amides is 3. The molecule has 8 unspecified atom stereocenters. The standard InChI is InChI=1S/C33H41BrN6O9S2/c1-32(12-13-32)51(47,48)38-31(44)33-17-20(33)6-4-3-5-19-15-24(19)27(35-28(41)25-11-14-39(2)37-25)30(43)40-18-22(16-26(40)29(42)36-33)49-50(45,46)23-9-7-21(34)8-10-23/h4,6-11,14,19-20,22,24,26-27,31,38,44H,3,5,12-13,15-18H2,1-2H3,(H,35,41)(H,36,42). The number of benzene rings is 1. The molecular weight excluding hydrogens is 768 g/mol. The largest absolute Gasteiger partial charge is 0.375 e. The van der Waals surface area contributed by atoms with Crippen molar-refractivity contribution in [3.63, 3.8) is 0 Å². The monoisotopic (exact) mass is 808 g/mol. The molecule has 0 radical (unpaired) electrons. The highest BCUT2D eigenvalue weighted by atomic mass is 79.9. The predicted molar refractivity (Wildman–Crippen MR) is 185 cm³/mol. The molecule has 3 saturated carbocycles. The zero-order valence-electron chi connectivity index (χ0n) is 28.1. The number of carbonyl (C=O) groups excluding carboxylic acids is 3. The van der Waals surface area contributed by atoms with Crippen molar-refractivity contribution < 1.29 is 40.5 Å². The normalized spacial score (nSPS) is 32.1. The van der Waals surface area contributed by atoms with Gasteiger partial charge in [-0.05, 0) is 87.6 Å². The third-order valence-electron chi connectivity index (χ3n) is 11.0. The van der Waals surface area contributed by atoms with Gasteiger partial charge in [-0.15, -0.1) is 0 Å². The van der Waals surface area contributed by atoms with Gasteiger partial charge in [-0.1, -0.05) is 28.1 Å². The summed E-state index contributed by atoms with van der Waals surface area (Å²) in [6, 6.07) is 5.07. The second kappa shape index (κ2) is 13.1. The Morgan fingerprint density at radius 3 is 2.53 bits per heavy atom. The zero-order chi connectivity index (χ0) is 36.5. The summed E-state index contributed by atoms with van der Waals surface area (Å²) in [5.41, 5.74) is -1.29. The fourth-order valence-corrected chi connectivity index (χ4v) is 10.1. The molecule has 15 nitrogen and oxygen atoms in total. The molecule has 3 heterocycles. The fourth-order valence-electron chi connectivity index (χ4n) is 7.28. The number of hydrogen-bond donors (Lipinski definition) is 4. The third-order valence-corrected chi connectivity index (χ3v) is 15.1. The average molecular weight is 810 g/mol. The molecule has 1 aromatic carbocycles. The lowest BCUT2D eigenvalue weighted by Gasteiger charge is -2.32. The number of halogens is 1. The van der Waals surface area contributed by atoms with Gasteiger partial charge in [0.25, 0.3) is 16.0 Å². The molecule has 4 N–H and O–H groups in total. The minimum Gasteiger partial charge on any atom is -0.375 e. The van der Waals surface area contributed by atoms with E-state index in [1.807, 2.05) is 12.2 Å². The van der Waals surface area contributed by atoms with Gasteiger partial charge < -0.3 is 20.6 Å². The van der Waals surface area contributed by atoms with Crippen molar-refractivity contribution in [2.24, 2.45) is 24.8 Å². The van der Waals surface area contributed by atoms with E-state index >= 15 is 0 Å². The average Bonchev–Trinajstić information content (AvgIpc) is 4.02. The van der Waals surface area contributed by atoms with E-state index in [0.29, 0.717) is 36.6 Å². The molecule has 8 atom stereocenters. The number of nitrogens with one attached hydrogen (secondary N) is 3. The summed E-state index contributed by atoms with van der Waals surface area (Å²) < 4.78 is 62.0. The number of carbonyl (C=O) groups is 3. The summed E-state index contributed by atoms with van der Waals surface area (Å²) in [5.74, 6) is -2.37. The molecule has 1 saturated heterocycles. The Balaban J connectivity index is 1.20. The second-order valence-electron chi connectivity index (χ2n) is 14.7. The van der Waals surface area contributed by atoms with Crippen LogP contribution in [0.2, 0.25) is 0 Å². The van der Waals surface area contributed by atoms with Crippen LogP contribution in [0.25, 0.3) is 0 Å². The zero-order valence-corrected chi connectivity index (χ0v) is 31.3. The summed E-state index contributed by atoms with van der Waals surface area (Å²) in [4.78, 5) is 43.2. The molecular formula is C33H41BrN6O9S2. The number of allylic oxidation sites excluding steroid dienone is 1. The molecule has 4 fully saturated rings. The van der Waals surface area contributed by atoms with E-state index in [0.717, 1.165) is 0 Å². The Morgan fingerprint density at radius 1 is 1.14 bits per heavy atom. The van der Waals surface area contributed by atoms with Gasteiger partial charge in [0.2, 0.25) is 21.8 Å². The molecule has 3 aliphatic carbocycles. The topological polar surface area (TPSA) is 206 Å². The van der Waals surface area contributed by atoms with Crippen LogP contribution in [0.1, 0.15) is 62.4 Å². The second-order valence-corrected chi connectivity index (χ2v) is 19.4. The smallest absolute Gasteiger partial charge is 0.297 e. The van der Waals surface area contributed by atoms with Crippen molar-refractivity contribution in [1.29, 1.82) is 0 Å². The van der Waals surface area contributed by atoms with E-state index in [9.17, 15) is 36.3 Å². The lowest BCUT2D eigenvalue weighted by molar-refractivity contribution is -0.141. The highest BCUT2D eigenvalue weighted by Gasteiger charge is 2.63. The molecule has 0 spiro atoms. The molecule has 2 aromatic rings. The maximum Gasteiger partial charge on any atom is 0.297 e.